The summed E-state index contributed by atoms with van der Waals surface area (Å²) in [4.78, 5) is 0. The van der Waals surface area contributed by atoms with Crippen LogP contribution in [0.2, 0.25) is 0 Å². The van der Waals surface area contributed by atoms with E-state index >= 15 is 0 Å². The number of nitrogens with zero attached hydrogens (tertiary/aromatic N) is 2. The van der Waals surface area contributed by atoms with E-state index in [9.17, 15) is 0 Å². The van der Waals surface area contributed by atoms with E-state index in [1.807, 2.05) is 12.1 Å². The van der Waals surface area contributed by atoms with Crippen molar-refractivity contribution in [1.82, 2.24) is 0 Å². The number of benzene rings is 1. The molecule has 0 saturated heterocycles. The molecule has 1 aromatic rings. The van der Waals surface area contributed by atoms with Gasteiger partial charge in [-0.1, -0.05) is 13.3 Å². The molecule has 0 heterocycles. The van der Waals surface area contributed by atoms with Gasteiger partial charge in [-0.05, 0) is 24.6 Å². The number of hydrogen-bond donors (Lipinski definition) is 1. The number of hydrogen-bond acceptors (Lipinski definition) is 4. The third kappa shape index (κ3) is 4.45. The molecule has 0 saturated carbocycles. The van der Waals surface area contributed by atoms with Gasteiger partial charge in [0.2, 0.25) is 0 Å². The molecule has 1 N–H and O–H groups in total. The number of nitriles is 2. The van der Waals surface area contributed by atoms with Crippen molar-refractivity contribution in [2.45, 2.75) is 19.8 Å². The molecule has 4 heteroatoms. The molecule has 0 aromatic heterocycles. The Morgan fingerprint density at radius 3 is 2.61 bits per heavy atom. The Morgan fingerprint density at radius 1 is 1.17 bits per heavy atom. The van der Waals surface area contributed by atoms with Gasteiger partial charge in [0.1, 0.15) is 12.1 Å². The molecule has 0 spiro atoms. The van der Waals surface area contributed by atoms with Crippen molar-refractivity contribution < 1.29 is 4.74 Å². The number of unbranched alkanes of at least 4 members (excludes halogenated alkanes) is 1. The van der Waals surface area contributed by atoms with Crippen molar-refractivity contribution in [3.63, 3.8) is 0 Å². The average molecular weight is 243 g/mol. The maximum atomic E-state index is 8.89. The standard InChI is InChI=1S/C14H17N3O/c1-2-3-7-18-8-6-17-14-5-4-12(10-15)13(9-14)11-16/h4-5,9,17H,2-3,6-8H2,1H3. The van der Waals surface area contributed by atoms with E-state index in [-0.39, 0.29) is 0 Å². The summed E-state index contributed by atoms with van der Waals surface area (Å²) < 4.78 is 5.42. The van der Waals surface area contributed by atoms with E-state index in [1.54, 1.807) is 18.2 Å². The highest BCUT2D eigenvalue weighted by molar-refractivity contribution is 5.56. The summed E-state index contributed by atoms with van der Waals surface area (Å²) in [7, 11) is 0. The maximum Gasteiger partial charge on any atom is 0.101 e. The number of anilines is 1. The van der Waals surface area contributed by atoms with Crippen LogP contribution >= 0.6 is 0 Å². The Kier molecular flexibility index (Phi) is 6.32. The molecule has 18 heavy (non-hydrogen) atoms. The summed E-state index contributed by atoms with van der Waals surface area (Å²) in [5.41, 5.74) is 1.64. The second kappa shape index (κ2) is 8.11. The quantitative estimate of drug-likeness (QED) is 0.747. The van der Waals surface area contributed by atoms with Crippen molar-refractivity contribution in [2.24, 2.45) is 0 Å². The monoisotopic (exact) mass is 243 g/mol. The normalized spacial score (nSPS) is 9.50. The first kappa shape index (κ1) is 14.0. The number of rotatable bonds is 7. The van der Waals surface area contributed by atoms with Gasteiger partial charge in [0, 0.05) is 18.8 Å². The largest absolute Gasteiger partial charge is 0.383 e. The van der Waals surface area contributed by atoms with Gasteiger partial charge in [0.25, 0.3) is 0 Å². The highest BCUT2D eigenvalue weighted by Crippen LogP contribution is 2.14. The molecule has 1 rings (SSSR count). The highest BCUT2D eigenvalue weighted by Gasteiger charge is 2.02. The minimum Gasteiger partial charge on any atom is -0.383 e. The van der Waals surface area contributed by atoms with Crippen LogP contribution in [0.15, 0.2) is 18.2 Å². The summed E-state index contributed by atoms with van der Waals surface area (Å²) in [6, 6.07) is 9.13. The minimum absolute atomic E-state index is 0.398. The fourth-order valence-electron chi connectivity index (χ4n) is 1.46. The second-order valence-electron chi connectivity index (χ2n) is 3.88. The summed E-state index contributed by atoms with van der Waals surface area (Å²) in [5.74, 6) is 0. The number of nitrogens with one attached hydrogen (secondary N) is 1. The summed E-state index contributed by atoms with van der Waals surface area (Å²) in [5, 5.41) is 20.8. The summed E-state index contributed by atoms with van der Waals surface area (Å²) in [6.07, 6.45) is 2.21. The second-order valence-corrected chi connectivity index (χ2v) is 3.88. The maximum absolute atomic E-state index is 8.89. The zero-order valence-electron chi connectivity index (χ0n) is 10.6. The third-order valence-electron chi connectivity index (χ3n) is 2.48. The molecule has 0 radical (unpaired) electrons. The van der Waals surface area contributed by atoms with Crippen molar-refractivity contribution in [3.05, 3.63) is 29.3 Å². The van der Waals surface area contributed by atoms with Gasteiger partial charge in [-0.2, -0.15) is 10.5 Å². The Bertz CT molecular complexity index is 457. The molecule has 0 aliphatic heterocycles. The molecular weight excluding hydrogens is 226 g/mol. The van der Waals surface area contributed by atoms with Gasteiger partial charge in [0.05, 0.1) is 17.7 Å². The van der Waals surface area contributed by atoms with Crippen LogP contribution in [0, 0.1) is 22.7 Å². The summed E-state index contributed by atoms with van der Waals surface area (Å²) >= 11 is 0. The zero-order chi connectivity index (χ0) is 13.2. The lowest BCUT2D eigenvalue weighted by atomic mass is 10.1. The van der Waals surface area contributed by atoms with E-state index in [0.717, 1.165) is 25.1 Å². The lowest BCUT2D eigenvalue weighted by Crippen LogP contribution is -2.10. The molecule has 94 valence electrons. The molecule has 0 bridgehead atoms. The van der Waals surface area contributed by atoms with Crippen molar-refractivity contribution in [3.8, 4) is 12.1 Å². The van der Waals surface area contributed by atoms with Crippen LogP contribution in [-0.4, -0.2) is 19.8 Å². The average Bonchev–Trinajstić information content (AvgIpc) is 2.42. The van der Waals surface area contributed by atoms with E-state index in [4.69, 9.17) is 15.3 Å². The van der Waals surface area contributed by atoms with Gasteiger partial charge in [-0.25, -0.2) is 0 Å². The van der Waals surface area contributed by atoms with Crippen LogP contribution in [-0.2, 0) is 4.74 Å². The third-order valence-corrected chi connectivity index (χ3v) is 2.48. The molecule has 0 aliphatic carbocycles. The predicted octanol–water partition coefficient (Wildman–Crippen LogP) is 2.66. The van der Waals surface area contributed by atoms with Crippen LogP contribution in [0.3, 0.4) is 0 Å². The van der Waals surface area contributed by atoms with Crippen LogP contribution in [0.1, 0.15) is 30.9 Å². The molecule has 0 aliphatic rings. The smallest absolute Gasteiger partial charge is 0.101 e. The first-order valence-corrected chi connectivity index (χ1v) is 6.07. The highest BCUT2D eigenvalue weighted by atomic mass is 16.5. The van der Waals surface area contributed by atoms with E-state index in [0.29, 0.717) is 24.3 Å². The van der Waals surface area contributed by atoms with Crippen molar-refractivity contribution in [1.29, 1.82) is 10.5 Å². The van der Waals surface area contributed by atoms with Gasteiger partial charge >= 0.3 is 0 Å². The Morgan fingerprint density at radius 2 is 1.94 bits per heavy atom. The van der Waals surface area contributed by atoms with Crippen molar-refractivity contribution >= 4 is 5.69 Å². The van der Waals surface area contributed by atoms with Crippen LogP contribution in [0.25, 0.3) is 0 Å². The lowest BCUT2D eigenvalue weighted by molar-refractivity contribution is 0.141. The van der Waals surface area contributed by atoms with Crippen LogP contribution in [0.4, 0.5) is 5.69 Å². The SMILES string of the molecule is CCCCOCCNc1ccc(C#N)c(C#N)c1. The Hall–Kier alpha value is -2.04. The number of ether oxygens (including phenoxy) is 1. The predicted molar refractivity (Wildman–Crippen MR) is 70.1 cm³/mol. The molecule has 0 fully saturated rings. The molecular formula is C14H17N3O. The van der Waals surface area contributed by atoms with E-state index in [1.165, 1.54) is 0 Å². The Balaban J connectivity index is 2.40. The molecule has 0 amide bonds. The zero-order valence-corrected chi connectivity index (χ0v) is 10.6. The first-order chi connectivity index (χ1) is 8.81. The van der Waals surface area contributed by atoms with Crippen LogP contribution < -0.4 is 5.32 Å². The fourth-order valence-corrected chi connectivity index (χ4v) is 1.46. The van der Waals surface area contributed by atoms with Gasteiger partial charge < -0.3 is 10.1 Å². The molecule has 0 unspecified atom stereocenters. The minimum atomic E-state index is 0.398. The Labute approximate surface area is 108 Å². The molecule has 1 aromatic carbocycles. The lowest BCUT2D eigenvalue weighted by Gasteiger charge is -2.07. The van der Waals surface area contributed by atoms with E-state index < -0.39 is 0 Å². The van der Waals surface area contributed by atoms with E-state index in [2.05, 4.69) is 12.2 Å². The molecule has 0 atom stereocenters. The topological polar surface area (TPSA) is 68.8 Å². The summed E-state index contributed by atoms with van der Waals surface area (Å²) in [6.45, 7) is 4.25. The first-order valence-electron chi connectivity index (χ1n) is 6.07. The van der Waals surface area contributed by atoms with Gasteiger partial charge in [0.15, 0.2) is 0 Å². The fraction of sp³-hybridized carbons (Fsp3) is 0.429. The van der Waals surface area contributed by atoms with Crippen LogP contribution in [0.5, 0.6) is 0 Å². The van der Waals surface area contributed by atoms with Gasteiger partial charge in [-0.3, -0.25) is 0 Å². The van der Waals surface area contributed by atoms with Crippen molar-refractivity contribution in [2.75, 3.05) is 25.1 Å². The van der Waals surface area contributed by atoms with Gasteiger partial charge in [-0.15, -0.1) is 0 Å². The molecule has 4 nitrogen and oxygen atoms in total.